The van der Waals surface area contributed by atoms with E-state index < -0.39 is 9.84 Å². The molecule has 0 saturated carbocycles. The van der Waals surface area contributed by atoms with Crippen LogP contribution in [0.3, 0.4) is 0 Å². The average molecular weight is 530 g/mol. The summed E-state index contributed by atoms with van der Waals surface area (Å²) in [7, 11) is -1.70. The number of amides is 1. The summed E-state index contributed by atoms with van der Waals surface area (Å²) in [6.45, 7) is 1.03. The average Bonchev–Trinajstić information content (AvgIpc) is 3.49. The molecule has 2 heterocycles. The molecule has 7 nitrogen and oxygen atoms in total. The largest absolute Gasteiger partial charge is 0.385 e. The highest BCUT2D eigenvalue weighted by Crippen LogP contribution is 2.37. The highest BCUT2D eigenvalue weighted by molar-refractivity contribution is 7.90. The van der Waals surface area contributed by atoms with Crippen molar-refractivity contribution in [2.45, 2.75) is 11.3 Å². The number of methoxy groups -OCH3 is 1. The summed E-state index contributed by atoms with van der Waals surface area (Å²) in [5, 5.41) is 7.92. The predicted molar refractivity (Wildman–Crippen MR) is 139 cm³/mol. The van der Waals surface area contributed by atoms with Crippen LogP contribution >= 0.6 is 22.9 Å². The Morgan fingerprint density at radius 3 is 2.60 bits per heavy atom. The molecule has 0 atom stereocenters. The lowest BCUT2D eigenvalue weighted by molar-refractivity contribution is 0.0943. The third-order valence-electron chi connectivity index (χ3n) is 5.24. The molecule has 0 bridgehead atoms. The first-order valence-corrected chi connectivity index (χ1v) is 13.9. The number of nitrogens with zero attached hydrogens (tertiary/aromatic N) is 2. The van der Waals surface area contributed by atoms with Crippen molar-refractivity contribution in [1.82, 2.24) is 15.1 Å². The molecule has 2 aromatic heterocycles. The first-order chi connectivity index (χ1) is 16.8. The maximum absolute atomic E-state index is 12.8. The number of para-hydroxylation sites is 1. The predicted octanol–water partition coefficient (Wildman–Crippen LogP) is 5.09. The maximum atomic E-state index is 12.8. The molecule has 0 saturated heterocycles. The fourth-order valence-corrected chi connectivity index (χ4v) is 5.38. The van der Waals surface area contributed by atoms with Gasteiger partial charge in [-0.25, -0.2) is 13.1 Å². The Labute approximate surface area is 213 Å². The number of sulfone groups is 1. The van der Waals surface area contributed by atoms with Gasteiger partial charge >= 0.3 is 0 Å². The number of ether oxygens (including phenoxy) is 1. The molecule has 0 unspecified atom stereocenters. The number of hydrogen-bond donors (Lipinski definition) is 1. The van der Waals surface area contributed by atoms with E-state index in [1.165, 1.54) is 17.6 Å². The van der Waals surface area contributed by atoms with E-state index in [1.54, 1.807) is 42.1 Å². The van der Waals surface area contributed by atoms with E-state index >= 15 is 0 Å². The van der Waals surface area contributed by atoms with E-state index in [0.29, 0.717) is 36.0 Å². The van der Waals surface area contributed by atoms with Gasteiger partial charge in [-0.3, -0.25) is 4.79 Å². The first-order valence-electron chi connectivity index (χ1n) is 10.8. The van der Waals surface area contributed by atoms with Gasteiger partial charge in [0.25, 0.3) is 5.91 Å². The van der Waals surface area contributed by atoms with E-state index in [4.69, 9.17) is 16.3 Å². The van der Waals surface area contributed by atoms with E-state index in [9.17, 15) is 13.2 Å². The summed E-state index contributed by atoms with van der Waals surface area (Å²) in [5.74, 6) is -0.286. The van der Waals surface area contributed by atoms with E-state index in [0.717, 1.165) is 15.3 Å². The lowest BCUT2D eigenvalue weighted by Crippen LogP contribution is -2.25. The Hall–Kier alpha value is -2.98. The van der Waals surface area contributed by atoms with Gasteiger partial charge in [0.15, 0.2) is 15.5 Å². The molecular formula is C25H24ClN3O4S2. The lowest BCUT2D eigenvalue weighted by Gasteiger charge is -2.08. The number of carbonyl (C=O) groups excluding carboxylic acids is 1. The van der Waals surface area contributed by atoms with Crippen molar-refractivity contribution in [3.63, 3.8) is 0 Å². The minimum atomic E-state index is -3.32. The smallest absolute Gasteiger partial charge is 0.271 e. The fourth-order valence-electron chi connectivity index (χ4n) is 3.49. The zero-order chi connectivity index (χ0) is 25.0. The number of carbonyl (C=O) groups is 1. The third-order valence-corrected chi connectivity index (χ3v) is 7.83. The van der Waals surface area contributed by atoms with Gasteiger partial charge in [0.05, 0.1) is 26.2 Å². The molecule has 4 rings (SSSR count). The number of rotatable bonds is 9. The van der Waals surface area contributed by atoms with Crippen LogP contribution in [0.15, 0.2) is 71.6 Å². The van der Waals surface area contributed by atoms with E-state index in [-0.39, 0.29) is 16.5 Å². The Bertz CT molecular complexity index is 1460. The molecule has 35 heavy (non-hydrogen) atoms. The van der Waals surface area contributed by atoms with Gasteiger partial charge < -0.3 is 10.1 Å². The number of hydrogen-bond acceptors (Lipinski definition) is 6. The standard InChI is InChI=1S/C25H24ClN3O4S2/c1-33-14-6-13-27-25(30)20-16-22(29(28-20)21-10-4-3-9-19(21)26)24-12-11-23(34-24)17-7-5-8-18(15-17)35(2,31)32/h3-5,7-12,15-16H,6,13-14H2,1-2H3,(H,27,30). The van der Waals surface area contributed by atoms with Gasteiger partial charge in [0.1, 0.15) is 0 Å². The molecule has 10 heteroatoms. The number of thiophene rings is 1. The number of benzene rings is 2. The molecule has 0 aliphatic carbocycles. The monoisotopic (exact) mass is 529 g/mol. The summed E-state index contributed by atoms with van der Waals surface area (Å²) >= 11 is 7.93. The van der Waals surface area contributed by atoms with Gasteiger partial charge in [-0.05, 0) is 54.4 Å². The van der Waals surface area contributed by atoms with E-state index in [1.807, 2.05) is 36.4 Å². The molecule has 0 spiro atoms. The minimum absolute atomic E-state index is 0.262. The second-order valence-corrected chi connectivity index (χ2v) is 11.4. The summed E-state index contributed by atoms with van der Waals surface area (Å²) in [6.07, 6.45) is 1.89. The van der Waals surface area contributed by atoms with Crippen LogP contribution in [0.1, 0.15) is 16.9 Å². The number of halogens is 1. The molecule has 1 N–H and O–H groups in total. The van der Waals surface area contributed by atoms with Gasteiger partial charge in [-0.2, -0.15) is 5.10 Å². The van der Waals surface area contributed by atoms with Crippen LogP contribution in [0, 0.1) is 0 Å². The van der Waals surface area contributed by atoms with Crippen LogP contribution in [-0.2, 0) is 14.6 Å². The molecule has 1 amide bonds. The van der Waals surface area contributed by atoms with Crippen LogP contribution < -0.4 is 5.32 Å². The fraction of sp³-hybridized carbons (Fsp3) is 0.200. The van der Waals surface area contributed by atoms with Crippen LogP contribution in [0.2, 0.25) is 5.02 Å². The third kappa shape index (κ3) is 5.82. The van der Waals surface area contributed by atoms with Gasteiger partial charge in [0.2, 0.25) is 0 Å². The van der Waals surface area contributed by atoms with Crippen molar-refractivity contribution < 1.29 is 17.9 Å². The van der Waals surface area contributed by atoms with Crippen LogP contribution in [0.25, 0.3) is 26.7 Å². The van der Waals surface area contributed by atoms with Crippen molar-refractivity contribution in [1.29, 1.82) is 0 Å². The van der Waals surface area contributed by atoms with Crippen molar-refractivity contribution in [2.75, 3.05) is 26.5 Å². The highest BCUT2D eigenvalue weighted by atomic mass is 35.5. The molecule has 2 aromatic carbocycles. The Kier molecular flexibility index (Phi) is 7.71. The van der Waals surface area contributed by atoms with Crippen molar-refractivity contribution in [2.24, 2.45) is 0 Å². The highest BCUT2D eigenvalue weighted by Gasteiger charge is 2.20. The Balaban J connectivity index is 1.73. The quantitative estimate of drug-likeness (QED) is 0.305. The molecule has 182 valence electrons. The lowest BCUT2D eigenvalue weighted by atomic mass is 10.2. The summed E-state index contributed by atoms with van der Waals surface area (Å²) < 4.78 is 30.7. The Morgan fingerprint density at radius 1 is 1.09 bits per heavy atom. The van der Waals surface area contributed by atoms with Crippen molar-refractivity contribution in [3.05, 3.63) is 77.4 Å². The number of nitrogens with one attached hydrogen (secondary N) is 1. The maximum Gasteiger partial charge on any atom is 0.271 e. The molecular weight excluding hydrogens is 506 g/mol. The zero-order valence-corrected chi connectivity index (χ0v) is 21.6. The zero-order valence-electron chi connectivity index (χ0n) is 19.2. The van der Waals surface area contributed by atoms with Crippen molar-refractivity contribution in [3.8, 4) is 26.7 Å². The summed E-state index contributed by atoms with van der Waals surface area (Å²) in [6, 6.07) is 19.7. The normalized spacial score (nSPS) is 11.5. The minimum Gasteiger partial charge on any atom is -0.385 e. The first kappa shape index (κ1) is 25.1. The van der Waals surface area contributed by atoms with Crippen molar-refractivity contribution >= 4 is 38.7 Å². The molecule has 4 aromatic rings. The molecule has 0 fully saturated rings. The molecule has 0 radical (unpaired) electrons. The number of aromatic nitrogens is 2. The topological polar surface area (TPSA) is 90.3 Å². The second-order valence-electron chi connectivity index (χ2n) is 7.84. The SMILES string of the molecule is COCCCNC(=O)c1cc(-c2ccc(-c3cccc(S(C)(=O)=O)c3)s2)n(-c2ccccc2Cl)n1. The summed E-state index contributed by atoms with van der Waals surface area (Å²) in [5.41, 5.74) is 2.42. The molecule has 0 aliphatic rings. The Morgan fingerprint density at radius 2 is 1.86 bits per heavy atom. The van der Waals surface area contributed by atoms with Crippen LogP contribution in [0.4, 0.5) is 0 Å². The van der Waals surface area contributed by atoms with Crippen LogP contribution in [0.5, 0.6) is 0 Å². The van der Waals surface area contributed by atoms with Gasteiger partial charge in [0, 0.05) is 31.4 Å². The molecule has 0 aliphatic heterocycles. The summed E-state index contributed by atoms with van der Waals surface area (Å²) in [4.78, 5) is 14.8. The van der Waals surface area contributed by atoms with Gasteiger partial charge in [-0.1, -0.05) is 35.9 Å². The van der Waals surface area contributed by atoms with Gasteiger partial charge in [-0.15, -0.1) is 11.3 Å². The van der Waals surface area contributed by atoms with E-state index in [2.05, 4.69) is 10.4 Å². The van der Waals surface area contributed by atoms with Crippen LogP contribution in [-0.4, -0.2) is 50.6 Å². The second kappa shape index (κ2) is 10.7.